The Labute approximate surface area is 78.8 Å². The molecule has 1 fully saturated rings. The first-order valence-electron chi connectivity index (χ1n) is 4.77. The Morgan fingerprint density at radius 2 is 2.00 bits per heavy atom. The summed E-state index contributed by atoms with van der Waals surface area (Å²) >= 11 is 0. The van der Waals surface area contributed by atoms with Crippen molar-refractivity contribution in [1.29, 1.82) is 0 Å². The molecule has 1 saturated carbocycles. The van der Waals surface area contributed by atoms with E-state index in [-0.39, 0.29) is 5.82 Å². The van der Waals surface area contributed by atoms with Gasteiger partial charge < -0.3 is 0 Å². The van der Waals surface area contributed by atoms with Crippen molar-refractivity contribution in [2.75, 3.05) is 0 Å². The van der Waals surface area contributed by atoms with Crippen LogP contribution in [0.25, 0.3) is 0 Å². The summed E-state index contributed by atoms with van der Waals surface area (Å²) in [7, 11) is 0. The van der Waals surface area contributed by atoms with E-state index in [4.69, 9.17) is 0 Å². The predicted octanol–water partition coefficient (Wildman–Crippen LogP) is 3.65. The van der Waals surface area contributed by atoms with Gasteiger partial charge in [0.1, 0.15) is 5.82 Å². The monoisotopic (exact) mass is 178 g/mol. The molecule has 1 atom stereocenters. The van der Waals surface area contributed by atoms with E-state index in [1.807, 2.05) is 19.1 Å². The van der Waals surface area contributed by atoms with Crippen LogP contribution in [0.15, 0.2) is 18.2 Å². The number of aryl methyl sites for hydroxylation is 1. The van der Waals surface area contributed by atoms with E-state index in [0.717, 1.165) is 5.56 Å². The molecule has 0 aliphatic heterocycles. The second kappa shape index (κ2) is 2.57. The van der Waals surface area contributed by atoms with Gasteiger partial charge in [-0.2, -0.15) is 0 Å². The minimum absolute atomic E-state index is 0.0952. The third-order valence-electron chi connectivity index (χ3n) is 3.10. The highest BCUT2D eigenvalue weighted by Crippen LogP contribution is 2.58. The molecule has 0 amide bonds. The molecule has 0 radical (unpaired) electrons. The number of rotatable bonds is 1. The molecule has 0 aromatic heterocycles. The second-order valence-corrected chi connectivity index (χ2v) is 4.75. The lowest BCUT2D eigenvalue weighted by atomic mass is 10.0. The van der Waals surface area contributed by atoms with Crippen LogP contribution in [0.4, 0.5) is 4.39 Å². The van der Waals surface area contributed by atoms with Crippen LogP contribution >= 0.6 is 0 Å². The summed E-state index contributed by atoms with van der Waals surface area (Å²) in [5.41, 5.74) is 2.49. The van der Waals surface area contributed by atoms with Crippen molar-refractivity contribution in [3.05, 3.63) is 35.1 Å². The van der Waals surface area contributed by atoms with E-state index < -0.39 is 0 Å². The van der Waals surface area contributed by atoms with Crippen molar-refractivity contribution >= 4 is 0 Å². The number of hydrogen-bond acceptors (Lipinski definition) is 0. The summed E-state index contributed by atoms with van der Waals surface area (Å²) in [6, 6.07) is 5.48. The average molecular weight is 178 g/mol. The highest BCUT2D eigenvalue weighted by atomic mass is 19.1. The van der Waals surface area contributed by atoms with Gasteiger partial charge >= 0.3 is 0 Å². The fourth-order valence-corrected chi connectivity index (χ4v) is 1.92. The van der Waals surface area contributed by atoms with Crippen molar-refractivity contribution < 1.29 is 4.39 Å². The highest BCUT2D eigenvalue weighted by Gasteiger charge is 2.46. The molecule has 70 valence electrons. The van der Waals surface area contributed by atoms with E-state index in [1.54, 1.807) is 6.07 Å². The first kappa shape index (κ1) is 8.74. The van der Waals surface area contributed by atoms with Gasteiger partial charge in [0.25, 0.3) is 0 Å². The summed E-state index contributed by atoms with van der Waals surface area (Å²) in [4.78, 5) is 0. The molecule has 0 heterocycles. The lowest BCUT2D eigenvalue weighted by Gasteiger charge is -2.05. The van der Waals surface area contributed by atoms with Crippen LogP contribution in [-0.2, 0) is 0 Å². The van der Waals surface area contributed by atoms with E-state index in [2.05, 4.69) is 13.8 Å². The summed E-state index contributed by atoms with van der Waals surface area (Å²) < 4.78 is 13.0. The van der Waals surface area contributed by atoms with Crippen molar-refractivity contribution in [3.63, 3.8) is 0 Å². The molecule has 2 rings (SSSR count). The molecule has 0 bridgehead atoms. The molecule has 0 unspecified atom stereocenters. The molecule has 0 spiro atoms. The summed E-state index contributed by atoms with van der Waals surface area (Å²) in [5.74, 6) is 0.550. The third kappa shape index (κ3) is 1.48. The number of halogens is 1. The normalized spacial score (nSPS) is 24.5. The van der Waals surface area contributed by atoms with Crippen molar-refractivity contribution in [3.8, 4) is 0 Å². The molecule has 1 heteroatoms. The molecule has 0 saturated heterocycles. The molecule has 0 nitrogen and oxygen atoms in total. The van der Waals surface area contributed by atoms with Gasteiger partial charge in [-0.15, -0.1) is 0 Å². The molecule has 13 heavy (non-hydrogen) atoms. The van der Waals surface area contributed by atoms with Crippen molar-refractivity contribution in [2.24, 2.45) is 5.41 Å². The lowest BCUT2D eigenvalue weighted by molar-refractivity contribution is 0.609. The Balaban J connectivity index is 2.29. The topological polar surface area (TPSA) is 0 Å². The fourth-order valence-electron chi connectivity index (χ4n) is 1.92. The van der Waals surface area contributed by atoms with Gasteiger partial charge in [0.15, 0.2) is 0 Å². The molecule has 1 aromatic carbocycles. The van der Waals surface area contributed by atoms with E-state index >= 15 is 0 Å². The largest absolute Gasteiger partial charge is 0.207 e. The Kier molecular flexibility index (Phi) is 1.73. The van der Waals surface area contributed by atoms with E-state index in [0.29, 0.717) is 11.3 Å². The summed E-state index contributed by atoms with van der Waals surface area (Å²) in [6.07, 6.45) is 1.23. The Morgan fingerprint density at radius 3 is 2.46 bits per heavy atom. The van der Waals surface area contributed by atoms with Gasteiger partial charge in [0.2, 0.25) is 0 Å². The van der Waals surface area contributed by atoms with Crippen LogP contribution in [0.5, 0.6) is 0 Å². The predicted molar refractivity (Wildman–Crippen MR) is 52.3 cm³/mol. The standard InChI is InChI=1S/C12H15F/c1-8-6-9(4-5-11(8)13)10-7-12(10,2)3/h4-6,10H,7H2,1-3H3/t10-/m0/s1. The van der Waals surface area contributed by atoms with Gasteiger partial charge in [-0.25, -0.2) is 4.39 Å². The van der Waals surface area contributed by atoms with Crippen LogP contribution in [0.3, 0.4) is 0 Å². The zero-order chi connectivity index (χ0) is 9.64. The van der Waals surface area contributed by atoms with Gasteiger partial charge in [-0.3, -0.25) is 0 Å². The minimum Gasteiger partial charge on any atom is -0.207 e. The quantitative estimate of drug-likeness (QED) is 0.615. The first-order valence-corrected chi connectivity index (χ1v) is 4.77. The van der Waals surface area contributed by atoms with Crippen LogP contribution in [0, 0.1) is 18.2 Å². The summed E-state index contributed by atoms with van der Waals surface area (Å²) in [5, 5.41) is 0. The zero-order valence-electron chi connectivity index (χ0n) is 8.39. The smallest absolute Gasteiger partial charge is 0.126 e. The zero-order valence-corrected chi connectivity index (χ0v) is 8.39. The summed E-state index contributed by atoms with van der Waals surface area (Å²) in [6.45, 7) is 6.35. The number of benzene rings is 1. The SMILES string of the molecule is Cc1cc([C@@H]2CC2(C)C)ccc1F. The van der Waals surface area contributed by atoms with Crippen LogP contribution in [0.1, 0.15) is 37.3 Å². The molecular weight excluding hydrogens is 163 g/mol. The van der Waals surface area contributed by atoms with Crippen LogP contribution in [-0.4, -0.2) is 0 Å². The second-order valence-electron chi connectivity index (χ2n) is 4.75. The van der Waals surface area contributed by atoms with Gasteiger partial charge in [-0.1, -0.05) is 26.0 Å². The average Bonchev–Trinajstić information content (AvgIpc) is 2.66. The first-order chi connectivity index (χ1) is 6.00. The highest BCUT2D eigenvalue weighted by molar-refractivity contribution is 5.32. The molecular formula is C12H15F. The van der Waals surface area contributed by atoms with E-state index in [1.165, 1.54) is 12.0 Å². The molecule has 1 aliphatic rings. The van der Waals surface area contributed by atoms with Gasteiger partial charge in [0.05, 0.1) is 0 Å². The van der Waals surface area contributed by atoms with E-state index in [9.17, 15) is 4.39 Å². The third-order valence-corrected chi connectivity index (χ3v) is 3.10. The van der Waals surface area contributed by atoms with Crippen molar-refractivity contribution in [1.82, 2.24) is 0 Å². The molecule has 1 aliphatic carbocycles. The maximum Gasteiger partial charge on any atom is 0.126 e. The molecule has 0 N–H and O–H groups in total. The Bertz CT molecular complexity index is 339. The van der Waals surface area contributed by atoms with Crippen molar-refractivity contribution in [2.45, 2.75) is 33.1 Å². The fraction of sp³-hybridized carbons (Fsp3) is 0.500. The Hall–Kier alpha value is -0.850. The number of hydrogen-bond donors (Lipinski definition) is 0. The van der Waals surface area contributed by atoms with Crippen LogP contribution < -0.4 is 0 Å². The maximum absolute atomic E-state index is 13.0. The minimum atomic E-state index is -0.0952. The maximum atomic E-state index is 13.0. The van der Waals surface area contributed by atoms with Gasteiger partial charge in [0, 0.05) is 0 Å². The molecule has 1 aromatic rings. The van der Waals surface area contributed by atoms with Gasteiger partial charge in [-0.05, 0) is 41.9 Å². The lowest BCUT2D eigenvalue weighted by Crippen LogP contribution is -1.91. The van der Waals surface area contributed by atoms with Crippen LogP contribution in [0.2, 0.25) is 0 Å². The Morgan fingerprint density at radius 1 is 1.38 bits per heavy atom.